The molecule has 2 bridgehead atoms. The van der Waals surface area contributed by atoms with Crippen LogP contribution in [0.25, 0.3) is 0 Å². The number of halogens is 2. The molecule has 36 heavy (non-hydrogen) atoms. The summed E-state index contributed by atoms with van der Waals surface area (Å²) in [5.41, 5.74) is 5.73. The SMILES string of the molecule is Cc1ccc(C)c(NC(=O)CCN2C(=O)[C@H]3[C@H](C2=O)C2(Cl)c4ccccc4C3(Cl)c3ccccc32)c1. The van der Waals surface area contributed by atoms with Crippen molar-refractivity contribution in [2.45, 2.75) is 30.0 Å². The second kappa shape index (κ2) is 7.92. The molecule has 4 aliphatic rings. The van der Waals surface area contributed by atoms with Crippen LogP contribution < -0.4 is 5.32 Å². The summed E-state index contributed by atoms with van der Waals surface area (Å²) < 4.78 is 0. The molecular formula is C29H24Cl2N2O3. The standard InChI is InChI=1S/C29H24Cl2N2O3/c1-16-11-12-17(2)22(15-16)32-23(34)13-14-33-26(35)24-25(27(33)36)29(31)19-8-4-3-7-18(19)28(24,30)20-9-5-6-10-21(20)29/h3-12,15,24-25H,13-14H2,1-2H3,(H,32,34)/t24-,25-,28?,29?/m1/s1. The van der Waals surface area contributed by atoms with Crippen molar-refractivity contribution in [3.63, 3.8) is 0 Å². The van der Waals surface area contributed by atoms with Crippen LogP contribution in [0.15, 0.2) is 66.7 Å². The minimum atomic E-state index is -1.21. The molecule has 5 nitrogen and oxygen atoms in total. The molecule has 3 aromatic rings. The lowest BCUT2D eigenvalue weighted by atomic mass is 9.54. The summed E-state index contributed by atoms with van der Waals surface area (Å²) in [7, 11) is 0. The summed E-state index contributed by atoms with van der Waals surface area (Å²) in [6, 6.07) is 20.9. The summed E-state index contributed by atoms with van der Waals surface area (Å²) in [6.07, 6.45) is -0.0191. The molecule has 0 saturated carbocycles. The number of hydrogen-bond acceptors (Lipinski definition) is 3. The largest absolute Gasteiger partial charge is 0.326 e. The molecule has 0 radical (unpaired) electrons. The van der Waals surface area contributed by atoms with Crippen molar-refractivity contribution in [2.75, 3.05) is 11.9 Å². The Hall–Kier alpha value is -3.15. The second-order valence-electron chi connectivity index (χ2n) is 9.91. The fourth-order valence-electron chi connectivity index (χ4n) is 6.24. The van der Waals surface area contributed by atoms with Gasteiger partial charge in [0.05, 0.1) is 11.8 Å². The first-order valence-electron chi connectivity index (χ1n) is 12.0. The second-order valence-corrected chi connectivity index (χ2v) is 11.1. The Morgan fingerprint density at radius 2 is 1.31 bits per heavy atom. The Labute approximate surface area is 219 Å². The van der Waals surface area contributed by atoms with E-state index in [1.54, 1.807) is 0 Å². The molecule has 0 unspecified atom stereocenters. The van der Waals surface area contributed by atoms with Crippen molar-refractivity contribution < 1.29 is 14.4 Å². The predicted octanol–water partition coefficient (Wildman–Crippen LogP) is 5.23. The van der Waals surface area contributed by atoms with E-state index in [9.17, 15) is 14.4 Å². The van der Waals surface area contributed by atoms with E-state index in [1.807, 2.05) is 80.6 Å². The minimum Gasteiger partial charge on any atom is -0.326 e. The molecule has 3 amide bonds. The number of anilines is 1. The van der Waals surface area contributed by atoms with E-state index in [1.165, 1.54) is 4.90 Å². The molecular weight excluding hydrogens is 495 g/mol. The number of likely N-dealkylation sites (tertiary alicyclic amines) is 1. The van der Waals surface area contributed by atoms with Crippen molar-refractivity contribution in [3.8, 4) is 0 Å². The fourth-order valence-corrected chi connectivity index (χ4v) is 7.34. The Morgan fingerprint density at radius 3 is 1.78 bits per heavy atom. The monoisotopic (exact) mass is 518 g/mol. The van der Waals surface area contributed by atoms with Crippen LogP contribution in [0.5, 0.6) is 0 Å². The maximum atomic E-state index is 13.8. The third-order valence-corrected chi connectivity index (χ3v) is 9.19. The van der Waals surface area contributed by atoms with Gasteiger partial charge in [-0.2, -0.15) is 0 Å². The third-order valence-electron chi connectivity index (χ3n) is 7.91. The van der Waals surface area contributed by atoms with E-state index in [0.29, 0.717) is 0 Å². The van der Waals surface area contributed by atoms with Crippen molar-refractivity contribution in [1.82, 2.24) is 4.90 Å². The zero-order chi connectivity index (χ0) is 25.4. The molecule has 0 spiro atoms. The lowest BCUT2D eigenvalue weighted by Crippen LogP contribution is -2.57. The van der Waals surface area contributed by atoms with Crippen molar-refractivity contribution in [1.29, 1.82) is 0 Å². The van der Waals surface area contributed by atoms with Crippen LogP contribution >= 0.6 is 23.2 Å². The molecule has 1 fully saturated rings. The van der Waals surface area contributed by atoms with Crippen molar-refractivity contribution in [3.05, 3.63) is 100 Å². The molecule has 1 N–H and O–H groups in total. The van der Waals surface area contributed by atoms with Gasteiger partial charge < -0.3 is 5.32 Å². The van der Waals surface area contributed by atoms with Crippen molar-refractivity contribution in [2.24, 2.45) is 11.8 Å². The van der Waals surface area contributed by atoms with Gasteiger partial charge in [-0.1, -0.05) is 60.7 Å². The highest BCUT2D eigenvalue weighted by molar-refractivity contribution is 6.36. The van der Waals surface area contributed by atoms with Gasteiger partial charge in [-0.15, -0.1) is 23.2 Å². The molecule has 1 aliphatic heterocycles. The number of benzene rings is 3. The van der Waals surface area contributed by atoms with Gasteiger partial charge >= 0.3 is 0 Å². The van der Waals surface area contributed by atoms with Crippen LogP contribution in [-0.4, -0.2) is 29.2 Å². The maximum absolute atomic E-state index is 13.8. The Morgan fingerprint density at radius 1 is 0.833 bits per heavy atom. The van der Waals surface area contributed by atoms with Crippen LogP contribution in [0.2, 0.25) is 0 Å². The minimum absolute atomic E-state index is 0.0191. The van der Waals surface area contributed by atoms with Gasteiger partial charge in [0.2, 0.25) is 17.7 Å². The predicted molar refractivity (Wildman–Crippen MR) is 139 cm³/mol. The fraction of sp³-hybridized carbons (Fsp3) is 0.276. The van der Waals surface area contributed by atoms with Gasteiger partial charge in [0.15, 0.2) is 0 Å². The Balaban J connectivity index is 1.34. The van der Waals surface area contributed by atoms with E-state index < -0.39 is 21.6 Å². The molecule has 0 aromatic heterocycles. The van der Waals surface area contributed by atoms with Gasteiger partial charge in [0.25, 0.3) is 0 Å². The first kappa shape index (κ1) is 23.3. The summed E-state index contributed by atoms with van der Waals surface area (Å²) >= 11 is 14.8. The maximum Gasteiger partial charge on any atom is 0.235 e. The van der Waals surface area contributed by atoms with E-state index in [4.69, 9.17) is 23.2 Å². The highest BCUT2D eigenvalue weighted by Gasteiger charge is 2.72. The summed E-state index contributed by atoms with van der Waals surface area (Å²) in [5.74, 6) is -2.73. The Bertz CT molecular complexity index is 1340. The van der Waals surface area contributed by atoms with Crippen LogP contribution in [-0.2, 0) is 24.1 Å². The van der Waals surface area contributed by atoms with Crippen LogP contribution in [0.1, 0.15) is 39.8 Å². The van der Waals surface area contributed by atoms with Crippen LogP contribution in [0.4, 0.5) is 5.69 Å². The Kier molecular flexibility index (Phi) is 5.12. The number of rotatable bonds is 4. The number of imide groups is 1. The third kappa shape index (κ3) is 2.93. The number of nitrogens with zero attached hydrogens (tertiary/aromatic N) is 1. The van der Waals surface area contributed by atoms with Gasteiger partial charge in [-0.25, -0.2) is 0 Å². The number of carbonyl (C=O) groups excluding carboxylic acids is 3. The highest BCUT2D eigenvalue weighted by atomic mass is 35.5. The highest BCUT2D eigenvalue weighted by Crippen LogP contribution is 2.69. The van der Waals surface area contributed by atoms with E-state index in [0.717, 1.165) is 39.1 Å². The van der Waals surface area contributed by atoms with E-state index >= 15 is 0 Å². The molecule has 3 aromatic carbocycles. The van der Waals surface area contributed by atoms with Gasteiger partial charge in [-0.3, -0.25) is 19.3 Å². The molecule has 182 valence electrons. The lowest BCUT2D eigenvalue weighted by Gasteiger charge is -2.54. The van der Waals surface area contributed by atoms with Gasteiger partial charge in [0.1, 0.15) is 9.75 Å². The lowest BCUT2D eigenvalue weighted by molar-refractivity contribution is -0.140. The summed E-state index contributed by atoms with van der Waals surface area (Å²) in [5, 5.41) is 2.90. The summed E-state index contributed by atoms with van der Waals surface area (Å²) in [6.45, 7) is 3.83. The topological polar surface area (TPSA) is 66.5 Å². The molecule has 7 heteroatoms. The zero-order valence-corrected chi connectivity index (χ0v) is 21.4. The quantitative estimate of drug-likeness (QED) is 0.380. The average molecular weight is 519 g/mol. The van der Waals surface area contributed by atoms with Crippen molar-refractivity contribution >= 4 is 46.6 Å². The molecule has 1 heterocycles. The van der Waals surface area contributed by atoms with Gasteiger partial charge in [0, 0.05) is 18.7 Å². The molecule has 3 aliphatic carbocycles. The number of carbonyl (C=O) groups is 3. The van der Waals surface area contributed by atoms with Crippen LogP contribution in [0, 0.1) is 25.7 Å². The van der Waals surface area contributed by atoms with Gasteiger partial charge in [-0.05, 0) is 53.3 Å². The number of aryl methyl sites for hydroxylation is 2. The molecule has 1 saturated heterocycles. The number of nitrogens with one attached hydrogen (secondary N) is 1. The first-order chi connectivity index (χ1) is 17.2. The number of hydrogen-bond donors (Lipinski definition) is 1. The van der Waals surface area contributed by atoms with E-state index in [-0.39, 0.29) is 30.7 Å². The number of alkyl halides is 2. The van der Waals surface area contributed by atoms with E-state index in [2.05, 4.69) is 5.32 Å². The average Bonchev–Trinajstić information content (AvgIpc) is 3.14. The molecule has 7 rings (SSSR count). The smallest absolute Gasteiger partial charge is 0.235 e. The zero-order valence-electron chi connectivity index (χ0n) is 19.8. The normalized spacial score (nSPS) is 27.5. The number of amides is 3. The first-order valence-corrected chi connectivity index (χ1v) is 12.7. The van der Waals surface area contributed by atoms with Crippen LogP contribution in [0.3, 0.4) is 0 Å². The molecule has 2 atom stereocenters. The summed E-state index contributed by atoms with van der Waals surface area (Å²) in [4.78, 5) is 39.1.